The van der Waals surface area contributed by atoms with E-state index in [2.05, 4.69) is 20.1 Å². The predicted molar refractivity (Wildman–Crippen MR) is 145 cm³/mol. The third-order valence-corrected chi connectivity index (χ3v) is 8.48. The molecule has 0 amide bonds. The first-order valence-corrected chi connectivity index (χ1v) is 14.1. The van der Waals surface area contributed by atoms with Gasteiger partial charge in [0.25, 0.3) is 6.43 Å². The Kier molecular flexibility index (Phi) is 7.87. The molecule has 3 aliphatic rings. The van der Waals surface area contributed by atoms with E-state index >= 15 is 0 Å². The maximum atomic E-state index is 14.1. The number of nitrogens with one attached hydrogen (secondary N) is 1. The maximum Gasteiger partial charge on any atom is 0.296 e. The number of rotatable bonds is 8. The molecule has 1 aromatic carbocycles. The van der Waals surface area contributed by atoms with Gasteiger partial charge in [0.15, 0.2) is 5.82 Å². The van der Waals surface area contributed by atoms with Crippen molar-refractivity contribution in [1.82, 2.24) is 24.4 Å². The van der Waals surface area contributed by atoms with Crippen molar-refractivity contribution >= 4 is 22.8 Å². The Labute approximate surface area is 226 Å². The first-order chi connectivity index (χ1) is 19.1. The molecule has 0 unspecified atom stereocenters. The number of halogens is 3. The van der Waals surface area contributed by atoms with Crippen LogP contribution < -0.4 is 10.2 Å². The molecule has 0 spiro atoms. The van der Waals surface area contributed by atoms with Gasteiger partial charge in [-0.2, -0.15) is 9.97 Å². The van der Waals surface area contributed by atoms with Crippen LogP contribution in [0.4, 0.5) is 24.9 Å². The maximum absolute atomic E-state index is 14.1. The van der Waals surface area contributed by atoms with Crippen LogP contribution in [0.1, 0.15) is 50.8 Å². The van der Waals surface area contributed by atoms with Gasteiger partial charge in [-0.1, -0.05) is 12.1 Å². The van der Waals surface area contributed by atoms with Crippen LogP contribution in [0.5, 0.6) is 0 Å². The number of ether oxygens (including phenoxy) is 1. The smallest absolute Gasteiger partial charge is 0.296 e. The number of morpholine rings is 1. The average Bonchev–Trinajstić information content (AvgIpc) is 3.62. The lowest BCUT2D eigenvalue weighted by Crippen LogP contribution is -2.42. The highest BCUT2D eigenvalue weighted by molar-refractivity contribution is 5.78. The van der Waals surface area contributed by atoms with E-state index in [4.69, 9.17) is 14.7 Å². The number of anilines is 2. The van der Waals surface area contributed by atoms with E-state index in [0.29, 0.717) is 73.4 Å². The van der Waals surface area contributed by atoms with Crippen LogP contribution in [0.25, 0.3) is 16.9 Å². The lowest BCUT2D eigenvalue weighted by Gasteiger charge is -2.37. The van der Waals surface area contributed by atoms with E-state index in [1.165, 1.54) is 4.57 Å². The summed E-state index contributed by atoms with van der Waals surface area (Å²) in [5, 5.41) is 3.42. The van der Waals surface area contributed by atoms with Gasteiger partial charge in [0, 0.05) is 37.8 Å². The van der Waals surface area contributed by atoms with Gasteiger partial charge < -0.3 is 15.0 Å². The summed E-state index contributed by atoms with van der Waals surface area (Å²) in [7, 11) is 0. The first-order valence-electron chi connectivity index (χ1n) is 14.1. The fourth-order valence-corrected chi connectivity index (χ4v) is 6.42. The summed E-state index contributed by atoms with van der Waals surface area (Å²) in [6.07, 6.45) is 3.57. The van der Waals surface area contributed by atoms with Gasteiger partial charge in [0.2, 0.25) is 5.95 Å². The number of para-hydroxylation sites is 2. The highest BCUT2D eigenvalue weighted by Gasteiger charge is 2.33. The zero-order valence-corrected chi connectivity index (χ0v) is 22.1. The average molecular weight is 544 g/mol. The van der Waals surface area contributed by atoms with Crippen molar-refractivity contribution < 1.29 is 17.9 Å². The fraction of sp³-hybridized carbons (Fsp3) is 0.607. The monoisotopic (exact) mass is 543 g/mol. The van der Waals surface area contributed by atoms with Gasteiger partial charge in [-0.25, -0.2) is 18.2 Å². The van der Waals surface area contributed by atoms with Crippen molar-refractivity contribution in [2.75, 3.05) is 56.3 Å². The Hall–Kier alpha value is -2.92. The summed E-state index contributed by atoms with van der Waals surface area (Å²) in [5.41, 5.74) is 1.08. The lowest BCUT2D eigenvalue weighted by atomic mass is 9.85. The van der Waals surface area contributed by atoms with Gasteiger partial charge in [0.1, 0.15) is 18.3 Å². The number of imidazole rings is 1. The zero-order valence-electron chi connectivity index (χ0n) is 22.1. The Bertz CT molecular complexity index is 1260. The highest BCUT2D eigenvalue weighted by atomic mass is 19.3. The van der Waals surface area contributed by atoms with Crippen LogP contribution >= 0.6 is 0 Å². The standard InChI is InChI=1S/C28H36F3N7O/c29-17-21-4-3-11-37(21)20-9-7-19(8-10-20)18-32-28-34-24(36-12-14-39-15-13-36)16-25(35-28)38-23-6-2-1-5-22(23)33-27(38)26(30)31/h1-2,5-6,16,19-21,26H,3-4,7-15,17-18H2,(H,32,34,35)/t19-,20-,21-/m0/s1. The molecule has 2 aliphatic heterocycles. The number of nitrogens with zero attached hydrogens (tertiary/aromatic N) is 6. The largest absolute Gasteiger partial charge is 0.378 e. The quantitative estimate of drug-likeness (QED) is 0.429. The van der Waals surface area contributed by atoms with E-state index in [1.807, 2.05) is 6.07 Å². The summed E-state index contributed by atoms with van der Waals surface area (Å²) < 4.78 is 48.6. The van der Waals surface area contributed by atoms with Gasteiger partial charge >= 0.3 is 0 Å². The molecule has 1 saturated carbocycles. The van der Waals surface area contributed by atoms with Gasteiger partial charge in [0.05, 0.1) is 24.2 Å². The lowest BCUT2D eigenvalue weighted by molar-refractivity contribution is 0.111. The fourth-order valence-electron chi connectivity index (χ4n) is 6.42. The first kappa shape index (κ1) is 26.3. The van der Waals surface area contributed by atoms with E-state index in [1.54, 1.807) is 24.3 Å². The minimum Gasteiger partial charge on any atom is -0.378 e. The molecule has 8 nitrogen and oxygen atoms in total. The van der Waals surface area contributed by atoms with Gasteiger partial charge in [-0.3, -0.25) is 9.47 Å². The van der Waals surface area contributed by atoms with Crippen molar-refractivity contribution in [3.05, 3.63) is 36.2 Å². The van der Waals surface area contributed by atoms with Crippen LogP contribution in [0.15, 0.2) is 30.3 Å². The molecule has 3 fully saturated rings. The van der Waals surface area contributed by atoms with Crippen molar-refractivity contribution in [2.45, 2.75) is 57.0 Å². The van der Waals surface area contributed by atoms with Crippen molar-refractivity contribution in [1.29, 1.82) is 0 Å². The second kappa shape index (κ2) is 11.7. The molecule has 0 radical (unpaired) electrons. The number of hydrogen-bond donors (Lipinski definition) is 1. The van der Waals surface area contributed by atoms with E-state index < -0.39 is 6.43 Å². The van der Waals surface area contributed by atoms with E-state index in [9.17, 15) is 13.2 Å². The zero-order chi connectivity index (χ0) is 26.8. The number of aromatic nitrogens is 4. The molecule has 1 N–H and O–H groups in total. The van der Waals surface area contributed by atoms with Crippen LogP contribution in [-0.4, -0.2) is 82.6 Å². The molecule has 4 heterocycles. The second-order valence-electron chi connectivity index (χ2n) is 10.8. The SMILES string of the molecule is FC[C@@H]1CCCN1[C@H]1CC[C@H](CNc2nc(N3CCOCC3)cc(-n3c(C(F)F)nc4ccccc43)n2)CC1. The Morgan fingerprint density at radius 1 is 0.949 bits per heavy atom. The summed E-state index contributed by atoms with van der Waals surface area (Å²) in [4.78, 5) is 18.2. The predicted octanol–water partition coefficient (Wildman–Crippen LogP) is 4.99. The van der Waals surface area contributed by atoms with Crippen LogP contribution in [0.2, 0.25) is 0 Å². The third kappa shape index (κ3) is 5.56. The topological polar surface area (TPSA) is 71.3 Å². The van der Waals surface area contributed by atoms with E-state index in [0.717, 1.165) is 45.1 Å². The molecular weight excluding hydrogens is 507 g/mol. The van der Waals surface area contributed by atoms with E-state index in [-0.39, 0.29) is 18.5 Å². The van der Waals surface area contributed by atoms with Gasteiger partial charge in [-0.15, -0.1) is 0 Å². The second-order valence-corrected chi connectivity index (χ2v) is 10.8. The minimum absolute atomic E-state index is 0.0943. The van der Waals surface area contributed by atoms with Crippen molar-refractivity contribution in [3.63, 3.8) is 0 Å². The molecule has 39 heavy (non-hydrogen) atoms. The van der Waals surface area contributed by atoms with Crippen LogP contribution in [0.3, 0.4) is 0 Å². The molecule has 1 aliphatic carbocycles. The van der Waals surface area contributed by atoms with Crippen molar-refractivity contribution in [2.24, 2.45) is 5.92 Å². The number of fused-ring (bicyclic) bond motifs is 1. The summed E-state index contributed by atoms with van der Waals surface area (Å²) >= 11 is 0. The summed E-state index contributed by atoms with van der Waals surface area (Å²) in [6, 6.07) is 9.44. The molecule has 210 valence electrons. The molecular formula is C28H36F3N7O. The van der Waals surface area contributed by atoms with Crippen molar-refractivity contribution in [3.8, 4) is 5.82 Å². The summed E-state index contributed by atoms with van der Waals surface area (Å²) in [5.74, 6) is 1.59. The normalized spacial score (nSPS) is 24.6. The Balaban J connectivity index is 1.23. The molecule has 6 rings (SSSR count). The molecule has 2 aromatic heterocycles. The molecule has 11 heteroatoms. The molecule has 0 bridgehead atoms. The van der Waals surface area contributed by atoms with Gasteiger partial charge in [-0.05, 0) is 63.1 Å². The third-order valence-electron chi connectivity index (χ3n) is 8.48. The molecule has 2 saturated heterocycles. The number of hydrogen-bond acceptors (Lipinski definition) is 7. The highest BCUT2D eigenvalue weighted by Crippen LogP contribution is 2.33. The Morgan fingerprint density at radius 3 is 2.49 bits per heavy atom. The Morgan fingerprint density at radius 2 is 1.72 bits per heavy atom. The molecule has 1 atom stereocenters. The van der Waals surface area contributed by atoms with Crippen LogP contribution in [0, 0.1) is 5.92 Å². The molecule has 3 aromatic rings. The minimum atomic E-state index is -2.75. The number of benzene rings is 1. The van der Waals surface area contributed by atoms with Crippen LogP contribution in [-0.2, 0) is 4.74 Å². The summed E-state index contributed by atoms with van der Waals surface area (Å²) in [6.45, 7) is 3.98. The number of alkyl halides is 3. The number of likely N-dealkylation sites (tertiary alicyclic amines) is 1.